The van der Waals surface area contributed by atoms with E-state index in [-0.39, 0.29) is 18.3 Å². The number of aromatic nitrogens is 1. The van der Waals surface area contributed by atoms with Gasteiger partial charge in [0.25, 0.3) is 0 Å². The molecule has 7 heteroatoms. The molecule has 0 aliphatic heterocycles. The Morgan fingerprint density at radius 3 is 2.80 bits per heavy atom. The van der Waals surface area contributed by atoms with Crippen LogP contribution in [0.4, 0.5) is 4.39 Å². The Morgan fingerprint density at radius 1 is 1.45 bits per heavy atom. The molecule has 0 bridgehead atoms. The number of nitrogens with zero attached hydrogens (tertiary/aromatic N) is 1. The van der Waals surface area contributed by atoms with Gasteiger partial charge in [0, 0.05) is 12.7 Å². The van der Waals surface area contributed by atoms with Crippen molar-refractivity contribution in [3.05, 3.63) is 39.9 Å². The van der Waals surface area contributed by atoms with Crippen molar-refractivity contribution in [1.29, 1.82) is 0 Å². The molecule has 0 amide bonds. The van der Waals surface area contributed by atoms with Crippen LogP contribution in [-0.2, 0) is 16.1 Å². The van der Waals surface area contributed by atoms with Crippen molar-refractivity contribution < 1.29 is 23.1 Å². The summed E-state index contributed by atoms with van der Waals surface area (Å²) in [6.07, 6.45) is 0. The van der Waals surface area contributed by atoms with Crippen molar-refractivity contribution in [2.45, 2.75) is 6.61 Å². The predicted molar refractivity (Wildman–Crippen MR) is 71.6 cm³/mol. The van der Waals surface area contributed by atoms with Crippen molar-refractivity contribution in [2.24, 2.45) is 0 Å². The molecule has 0 N–H and O–H groups in total. The molecule has 20 heavy (non-hydrogen) atoms. The van der Waals surface area contributed by atoms with Crippen LogP contribution in [0, 0.1) is 5.82 Å². The maximum Gasteiger partial charge on any atom is 0.376 e. The minimum absolute atomic E-state index is 0.0484. The molecule has 0 fully saturated rings. The summed E-state index contributed by atoms with van der Waals surface area (Å²) in [5, 5.41) is 0. The van der Waals surface area contributed by atoms with E-state index in [1.165, 1.54) is 26.4 Å². The van der Waals surface area contributed by atoms with Crippen molar-refractivity contribution in [3.8, 4) is 11.5 Å². The highest BCUT2D eigenvalue weighted by atomic mass is 79.9. The Morgan fingerprint density at radius 2 is 2.20 bits per heavy atom. The Bertz CT molecular complexity index is 641. The van der Waals surface area contributed by atoms with Crippen molar-refractivity contribution in [1.82, 2.24) is 4.98 Å². The lowest BCUT2D eigenvalue weighted by Crippen LogP contribution is -2.04. The zero-order valence-corrected chi connectivity index (χ0v) is 12.4. The number of benzene rings is 1. The van der Waals surface area contributed by atoms with E-state index >= 15 is 0 Å². The van der Waals surface area contributed by atoms with E-state index in [1.807, 2.05) is 0 Å². The molecule has 0 aliphatic carbocycles. The van der Waals surface area contributed by atoms with E-state index in [0.717, 1.165) is 0 Å². The number of methoxy groups -OCH3 is 2. The second kappa shape index (κ2) is 6.15. The van der Waals surface area contributed by atoms with Crippen LogP contribution in [0.5, 0.6) is 0 Å². The Labute approximate surface area is 122 Å². The Hall–Kier alpha value is -1.73. The Kier molecular flexibility index (Phi) is 4.51. The highest BCUT2D eigenvalue weighted by molar-refractivity contribution is 9.10. The number of carbonyl (C=O) groups excluding carboxylic acids is 1. The minimum Gasteiger partial charge on any atom is -0.463 e. The third-order valence-corrected chi connectivity index (χ3v) is 3.16. The summed E-state index contributed by atoms with van der Waals surface area (Å²) in [7, 11) is 2.70. The standard InChI is InChI=1S/C13H11BrFNO4/c1-18-6-10-11(13(17)19-2)20-12(16-10)7-3-4-8(14)9(15)5-7/h3-5H,6H2,1-2H3. The largest absolute Gasteiger partial charge is 0.463 e. The van der Waals surface area contributed by atoms with Gasteiger partial charge >= 0.3 is 5.97 Å². The van der Waals surface area contributed by atoms with Gasteiger partial charge in [-0.2, -0.15) is 0 Å². The molecule has 5 nitrogen and oxygen atoms in total. The molecule has 106 valence electrons. The van der Waals surface area contributed by atoms with Gasteiger partial charge in [-0.1, -0.05) is 0 Å². The molecule has 0 unspecified atom stereocenters. The fraction of sp³-hybridized carbons (Fsp3) is 0.231. The highest BCUT2D eigenvalue weighted by Gasteiger charge is 2.21. The predicted octanol–water partition coefficient (Wildman–Crippen LogP) is 3.18. The average molecular weight is 344 g/mol. The van der Waals surface area contributed by atoms with Crippen LogP contribution in [0.2, 0.25) is 0 Å². The van der Waals surface area contributed by atoms with Crippen molar-refractivity contribution in [3.63, 3.8) is 0 Å². The summed E-state index contributed by atoms with van der Waals surface area (Å²) >= 11 is 3.06. The summed E-state index contributed by atoms with van der Waals surface area (Å²) in [5.41, 5.74) is 0.718. The number of esters is 1. The molecule has 2 aromatic rings. The van der Waals surface area contributed by atoms with E-state index in [2.05, 4.69) is 25.7 Å². The molecule has 0 saturated carbocycles. The molecular formula is C13H11BrFNO4. The molecule has 0 spiro atoms. The number of ether oxygens (including phenoxy) is 2. The van der Waals surface area contributed by atoms with Crippen LogP contribution in [0.1, 0.15) is 16.2 Å². The van der Waals surface area contributed by atoms with Gasteiger partial charge in [-0.15, -0.1) is 0 Å². The van der Waals surface area contributed by atoms with Crippen molar-refractivity contribution >= 4 is 21.9 Å². The second-order valence-corrected chi connectivity index (χ2v) is 4.70. The smallest absolute Gasteiger partial charge is 0.376 e. The zero-order chi connectivity index (χ0) is 14.7. The first-order valence-electron chi connectivity index (χ1n) is 5.59. The van der Waals surface area contributed by atoms with Gasteiger partial charge in [-0.25, -0.2) is 14.2 Å². The molecule has 0 aliphatic rings. The van der Waals surface area contributed by atoms with E-state index < -0.39 is 11.8 Å². The molecule has 0 saturated heterocycles. The summed E-state index contributed by atoms with van der Waals surface area (Å²) in [6, 6.07) is 4.41. The van der Waals surface area contributed by atoms with Crippen LogP contribution in [0.25, 0.3) is 11.5 Å². The molecule has 0 radical (unpaired) electrons. The molecular weight excluding hydrogens is 333 g/mol. The van der Waals surface area contributed by atoms with E-state index in [0.29, 0.717) is 15.7 Å². The third-order valence-electron chi connectivity index (χ3n) is 2.52. The number of hydrogen-bond acceptors (Lipinski definition) is 5. The lowest BCUT2D eigenvalue weighted by Gasteiger charge is -1.98. The van der Waals surface area contributed by atoms with Gasteiger partial charge in [0.15, 0.2) is 0 Å². The number of carbonyl (C=O) groups is 1. The number of oxazole rings is 1. The van der Waals surface area contributed by atoms with Gasteiger partial charge < -0.3 is 13.9 Å². The van der Waals surface area contributed by atoms with Gasteiger partial charge in [-0.05, 0) is 34.1 Å². The molecule has 0 atom stereocenters. The summed E-state index contributed by atoms with van der Waals surface area (Å²) in [6.45, 7) is 0.0902. The quantitative estimate of drug-likeness (QED) is 0.798. The average Bonchev–Trinajstić information content (AvgIpc) is 2.85. The van der Waals surface area contributed by atoms with Crippen LogP contribution in [-0.4, -0.2) is 25.2 Å². The van der Waals surface area contributed by atoms with E-state index in [9.17, 15) is 9.18 Å². The van der Waals surface area contributed by atoms with Crippen LogP contribution in [0.15, 0.2) is 27.1 Å². The lowest BCUT2D eigenvalue weighted by molar-refractivity contribution is 0.0559. The normalized spacial score (nSPS) is 10.6. The van der Waals surface area contributed by atoms with Crippen LogP contribution < -0.4 is 0 Å². The monoisotopic (exact) mass is 343 g/mol. The minimum atomic E-state index is -0.659. The fourth-order valence-corrected chi connectivity index (χ4v) is 1.84. The van der Waals surface area contributed by atoms with Crippen molar-refractivity contribution in [2.75, 3.05) is 14.2 Å². The first-order valence-corrected chi connectivity index (χ1v) is 6.38. The topological polar surface area (TPSA) is 61.6 Å². The number of rotatable bonds is 4. The van der Waals surface area contributed by atoms with Gasteiger partial charge in [0.1, 0.15) is 11.5 Å². The first kappa shape index (κ1) is 14.7. The Balaban J connectivity index is 2.46. The maximum absolute atomic E-state index is 13.5. The second-order valence-electron chi connectivity index (χ2n) is 3.85. The summed E-state index contributed by atoms with van der Waals surface area (Å²) in [5.74, 6) is -1.03. The van der Waals surface area contributed by atoms with Gasteiger partial charge in [0.2, 0.25) is 11.7 Å². The molecule has 2 rings (SSSR count). The fourth-order valence-electron chi connectivity index (χ4n) is 1.59. The first-order chi connectivity index (χ1) is 9.56. The summed E-state index contributed by atoms with van der Waals surface area (Å²) in [4.78, 5) is 15.7. The van der Waals surface area contributed by atoms with E-state index in [1.54, 1.807) is 6.07 Å². The SMILES string of the molecule is COCc1nc(-c2ccc(Br)c(F)c2)oc1C(=O)OC. The molecule has 1 aromatic carbocycles. The van der Waals surface area contributed by atoms with Gasteiger partial charge in [-0.3, -0.25) is 0 Å². The van der Waals surface area contributed by atoms with Gasteiger partial charge in [0.05, 0.1) is 18.2 Å². The summed E-state index contributed by atoms with van der Waals surface area (Å²) < 4.78 is 28.7. The van der Waals surface area contributed by atoms with Crippen LogP contribution in [0.3, 0.4) is 0 Å². The highest BCUT2D eigenvalue weighted by Crippen LogP contribution is 2.26. The van der Waals surface area contributed by atoms with E-state index in [4.69, 9.17) is 9.15 Å². The number of halogens is 2. The number of hydrogen-bond donors (Lipinski definition) is 0. The third kappa shape index (κ3) is 2.88. The molecule has 1 aromatic heterocycles. The van der Waals surface area contributed by atoms with Crippen LogP contribution >= 0.6 is 15.9 Å². The molecule has 1 heterocycles. The maximum atomic E-state index is 13.5. The lowest BCUT2D eigenvalue weighted by atomic mass is 10.2. The zero-order valence-electron chi connectivity index (χ0n) is 10.8.